The number of rotatable bonds is 4. The number of nitrogens with two attached hydrogens (primary N) is 1. The quantitative estimate of drug-likeness (QED) is 0.195. The van der Waals surface area contributed by atoms with E-state index in [4.69, 9.17) is 28.9 Å². The maximum atomic E-state index is 13.1. The minimum Gasteiger partial charge on any atom is -0.381 e. The number of hydrogen-bond donors (Lipinski definition) is 3. The minimum absolute atomic E-state index is 0. The molecule has 2 aromatic heterocycles. The topological polar surface area (TPSA) is 181 Å². The molecule has 0 atom stereocenters. The fourth-order valence-corrected chi connectivity index (χ4v) is 3.65. The van der Waals surface area contributed by atoms with E-state index in [1.54, 1.807) is 25.1 Å². The molecule has 4 rings (SSSR count). The second-order valence-electron chi connectivity index (χ2n) is 8.91. The molecule has 0 spiro atoms. The van der Waals surface area contributed by atoms with Crippen molar-refractivity contribution in [3.05, 3.63) is 45.0 Å². The summed E-state index contributed by atoms with van der Waals surface area (Å²) in [5.74, 6) is -2.16. The van der Waals surface area contributed by atoms with Crippen molar-refractivity contribution in [1.29, 1.82) is 0 Å². The van der Waals surface area contributed by atoms with Crippen LogP contribution in [0, 0.1) is 11.6 Å². The molecule has 0 aromatic carbocycles. The number of halogens is 4. The van der Waals surface area contributed by atoms with E-state index in [1.165, 1.54) is 19.2 Å². The van der Waals surface area contributed by atoms with E-state index < -0.39 is 34.9 Å². The first-order chi connectivity index (χ1) is 19.5. The minimum atomic E-state index is -0.883. The van der Waals surface area contributed by atoms with Crippen LogP contribution in [-0.4, -0.2) is 74.4 Å². The summed E-state index contributed by atoms with van der Waals surface area (Å²) in [5, 5.41) is 2.85. The molecule has 2 aromatic rings. The average Bonchev–Trinajstić information content (AvgIpc) is 3.63. The van der Waals surface area contributed by atoms with Gasteiger partial charge in [-0.3, -0.25) is 4.98 Å². The van der Waals surface area contributed by atoms with Crippen molar-refractivity contribution in [3.8, 4) is 0 Å². The van der Waals surface area contributed by atoms with Gasteiger partial charge in [0, 0.05) is 20.1 Å². The highest BCUT2D eigenvalue weighted by Gasteiger charge is 2.19. The largest absolute Gasteiger partial charge is 0.381 e. The number of alkyl halides is 2. The first-order valence-electron chi connectivity index (χ1n) is 12.5. The Kier molecular flexibility index (Phi) is 19.2. The Morgan fingerprint density at radius 2 is 1.76 bits per heavy atom. The lowest BCUT2D eigenvalue weighted by atomic mass is 10.2. The number of nitrogens with one attached hydrogen (secondary N) is 2. The summed E-state index contributed by atoms with van der Waals surface area (Å²) in [5.41, 5.74) is 3.63. The monoisotopic (exact) mass is 635 g/mol. The van der Waals surface area contributed by atoms with E-state index in [2.05, 4.69) is 30.3 Å². The average molecular weight is 637 g/mol. The number of aromatic nitrogens is 4. The van der Waals surface area contributed by atoms with Crippen LogP contribution in [0.3, 0.4) is 0 Å². The summed E-state index contributed by atoms with van der Waals surface area (Å²) in [6.45, 7) is 0. The molecule has 4 N–H and O–H groups in total. The van der Waals surface area contributed by atoms with Gasteiger partial charge in [0.15, 0.2) is 23.3 Å². The lowest BCUT2D eigenvalue weighted by Gasteiger charge is -2.12. The maximum absolute atomic E-state index is 13.1. The molecule has 0 radical (unpaired) electrons. The van der Waals surface area contributed by atoms with Crippen LogP contribution in [0.25, 0.3) is 0 Å². The number of H-pyrrole nitrogens is 1. The second-order valence-corrected chi connectivity index (χ2v) is 9.72. The number of aliphatic imine (C=N–C) groups is 2. The Labute approximate surface area is 252 Å². The van der Waals surface area contributed by atoms with Crippen LogP contribution < -0.4 is 22.4 Å². The van der Waals surface area contributed by atoms with Gasteiger partial charge in [-0.15, -0.1) is 23.2 Å². The van der Waals surface area contributed by atoms with Gasteiger partial charge in [-0.1, -0.05) is 33.1 Å². The zero-order valence-electron chi connectivity index (χ0n) is 22.7. The third-order valence-electron chi connectivity index (χ3n) is 5.54. The summed E-state index contributed by atoms with van der Waals surface area (Å²) in [4.78, 5) is 60.9. The molecule has 234 valence electrons. The number of amides is 1. The van der Waals surface area contributed by atoms with Gasteiger partial charge in [-0.2, -0.15) is 9.97 Å². The number of carbonyl (C=O) groups is 1. The molecule has 2 saturated carbocycles. The Morgan fingerprint density at radius 1 is 1.19 bits per heavy atom. The van der Waals surface area contributed by atoms with Crippen LogP contribution in [0.2, 0.25) is 0 Å². The molecule has 1 amide bonds. The summed E-state index contributed by atoms with van der Waals surface area (Å²) < 4.78 is 26.6. The number of aromatic amines is 1. The molecule has 0 unspecified atom stereocenters. The second kappa shape index (κ2) is 21.1. The summed E-state index contributed by atoms with van der Waals surface area (Å²) in [6, 6.07) is -0.296. The van der Waals surface area contributed by atoms with Crippen molar-refractivity contribution >= 4 is 53.3 Å². The molecule has 2 heterocycles. The Morgan fingerprint density at radius 3 is 2.31 bits per heavy atom. The molecule has 0 bridgehead atoms. The number of nitrogens with zero attached hydrogens (tertiary/aromatic N) is 6. The Balaban J connectivity index is 0.000000596. The summed E-state index contributed by atoms with van der Waals surface area (Å²) in [7, 11) is 3.47. The van der Waals surface area contributed by atoms with Gasteiger partial charge < -0.3 is 16.0 Å². The lowest BCUT2D eigenvalue weighted by molar-refractivity contribution is 0.237. The zero-order valence-corrected chi connectivity index (χ0v) is 24.2. The van der Waals surface area contributed by atoms with Crippen LogP contribution in [-0.2, 0) is 4.79 Å². The van der Waals surface area contributed by atoms with Crippen LogP contribution >= 0.6 is 23.2 Å². The first kappa shape index (κ1) is 38.3. The highest BCUT2D eigenvalue weighted by Crippen LogP contribution is 2.20. The lowest BCUT2D eigenvalue weighted by Crippen LogP contribution is -2.41. The van der Waals surface area contributed by atoms with Crippen molar-refractivity contribution in [3.63, 3.8) is 0 Å². The first-order valence-corrected chi connectivity index (χ1v) is 13.6. The molecule has 0 saturated heterocycles. The van der Waals surface area contributed by atoms with E-state index >= 15 is 0 Å². The molecule has 42 heavy (non-hydrogen) atoms. The van der Waals surface area contributed by atoms with Gasteiger partial charge in [0.25, 0.3) is 0 Å². The van der Waals surface area contributed by atoms with Crippen molar-refractivity contribution < 1.29 is 18.4 Å². The SMILES string of the molecule is C.CN(C)C=Nc1[nH]c(=O)ncc1F.ClCCl.Nc1nc(=O)n(C(=O)NC2CCCC2)cc1F.O=C=NC1CCCC1. The third kappa shape index (κ3) is 14.8. The van der Waals surface area contributed by atoms with Crippen molar-refractivity contribution in [2.24, 2.45) is 9.98 Å². The zero-order chi connectivity index (χ0) is 30.8. The highest BCUT2D eigenvalue weighted by atomic mass is 35.5. The summed E-state index contributed by atoms with van der Waals surface area (Å²) >= 11 is 9.53. The third-order valence-corrected chi connectivity index (χ3v) is 5.54. The molecule has 2 fully saturated rings. The predicted molar refractivity (Wildman–Crippen MR) is 159 cm³/mol. The standard InChI is InChI=1S/C10H13FN4O2.C7H9FN4O.C6H9NO.CH2Cl2.CH4/c11-7-5-15(10(17)14-8(7)12)9(16)13-6-3-1-2-4-6;1-12(2)4-10-6-5(8)3-9-7(13)11-6;8-5-7-6-3-1-2-4-6;2-1-3;/h5-6H,1-4H2,(H,13,16)(H2,12,14,17);3-4H,1-2H3,(H,9,11,13);6H,1-4H2;1H2;1H4. The van der Waals surface area contributed by atoms with Crippen molar-refractivity contribution in [2.75, 3.05) is 25.2 Å². The van der Waals surface area contributed by atoms with Crippen LogP contribution in [0.15, 0.2) is 32.0 Å². The molecule has 2 aliphatic carbocycles. The highest BCUT2D eigenvalue weighted by molar-refractivity contribution is 6.40. The maximum Gasteiger partial charge on any atom is 0.357 e. The predicted octanol–water partition coefficient (Wildman–Crippen LogP) is 3.92. The van der Waals surface area contributed by atoms with Gasteiger partial charge in [0.05, 0.1) is 30.1 Å². The molecule has 17 heteroatoms. The van der Waals surface area contributed by atoms with E-state index in [9.17, 15) is 28.0 Å². The van der Waals surface area contributed by atoms with Gasteiger partial charge in [0.2, 0.25) is 6.08 Å². The van der Waals surface area contributed by atoms with Gasteiger partial charge in [-0.05, 0) is 25.7 Å². The smallest absolute Gasteiger partial charge is 0.357 e. The number of carbonyl (C=O) groups excluding carboxylic acids is 2. The molecule has 0 aliphatic heterocycles. The van der Waals surface area contributed by atoms with E-state index in [-0.39, 0.29) is 24.6 Å². The fourth-order valence-electron chi connectivity index (χ4n) is 3.65. The number of hydrogen-bond acceptors (Lipinski definition) is 9. The summed E-state index contributed by atoms with van der Waals surface area (Å²) in [6.07, 6.45) is 13.1. The van der Waals surface area contributed by atoms with Crippen LogP contribution in [0.4, 0.5) is 25.2 Å². The van der Waals surface area contributed by atoms with Gasteiger partial charge >= 0.3 is 17.4 Å². The molecule has 13 nitrogen and oxygen atoms in total. The Hall–Kier alpha value is -3.68. The van der Waals surface area contributed by atoms with Crippen LogP contribution in [0.1, 0.15) is 58.8 Å². The van der Waals surface area contributed by atoms with Crippen molar-refractivity contribution in [2.45, 2.75) is 70.9 Å². The number of anilines is 1. The van der Waals surface area contributed by atoms with Gasteiger partial charge in [-0.25, -0.2) is 42.5 Å². The number of nitrogen functional groups attached to an aromatic ring is 1. The van der Waals surface area contributed by atoms with Crippen molar-refractivity contribution in [1.82, 2.24) is 29.7 Å². The molecular weight excluding hydrogens is 599 g/mol. The number of isocyanates is 1. The van der Waals surface area contributed by atoms with E-state index in [1.807, 2.05) is 0 Å². The van der Waals surface area contributed by atoms with E-state index in [0.717, 1.165) is 50.9 Å². The van der Waals surface area contributed by atoms with Gasteiger partial charge in [0.1, 0.15) is 0 Å². The van der Waals surface area contributed by atoms with E-state index in [0.29, 0.717) is 10.6 Å². The Bertz CT molecular complexity index is 1290. The molecule has 2 aliphatic rings. The normalized spacial score (nSPS) is 14.1. The van der Waals surface area contributed by atoms with Crippen LogP contribution in [0.5, 0.6) is 0 Å². The molecular formula is C25H37Cl2F2N9O4. The fraction of sp³-hybridized carbons (Fsp3) is 0.560.